The summed E-state index contributed by atoms with van der Waals surface area (Å²) in [7, 11) is -2.98. The van der Waals surface area contributed by atoms with Gasteiger partial charge in [-0.1, -0.05) is 76.3 Å². The standard InChI is InChI=1S/C97H139N11O28S2/c1-9-84(111)105(27-30-124-34-35-126-38-39-128-42-43-130-46-47-132-50-51-133-49-48-131-45-44-129-41-40-127-37-36-125-33-32-123-8)26-24-83(110)103-85(66(2)3)89(114)99-67(4)87(112)100-72-19-17-71(70(53-72)18-20-74-54-73(109)55-80(136-74)90(115)116)58-134-93(119)106(29-52-138(120,121)122)28-31-135-97-62-94(6)59-95(7,63-97)61-96(60-94,64-97)65-108-68(5)77(56-98-108)75-21-22-82(102-86(75)91(117)118)107-25-23-69-13-12-14-76(78(69)57-107)88(113)104-92-101-79-15-10-11-16-81(79)137-92/h10-17,19,21-22,53,56,66-67,73-74,80,85,109H,9,18,20,23-52,54-55,57-65H2,1-8H3,(H,99,114)(H,100,112)(H,103,110)(H,115,116)(H,117,118)(H,101,104,113)(H,120,121,122)/t67-,73+,74-,80-,85?,94?,95?,96?,97?/m0/s1. The Morgan fingerprint density at radius 3 is 1.84 bits per heavy atom. The Balaban J connectivity index is 0.619. The van der Waals surface area contributed by atoms with Crippen molar-refractivity contribution in [1.29, 1.82) is 0 Å². The molecule has 39 nitrogen and oxygen atoms in total. The van der Waals surface area contributed by atoms with E-state index in [1.807, 2.05) is 59.0 Å². The van der Waals surface area contributed by atoms with Crippen LogP contribution in [0.3, 0.4) is 0 Å². The number of para-hydroxylation sites is 1. The van der Waals surface area contributed by atoms with E-state index in [9.17, 15) is 66.6 Å². The van der Waals surface area contributed by atoms with Gasteiger partial charge in [0.15, 0.2) is 16.9 Å². The first-order valence-corrected chi connectivity index (χ1v) is 50.1. The van der Waals surface area contributed by atoms with E-state index in [0.29, 0.717) is 203 Å². The van der Waals surface area contributed by atoms with Crippen molar-refractivity contribution < 1.29 is 133 Å². The lowest BCUT2D eigenvalue weighted by Crippen LogP contribution is -2.64. The van der Waals surface area contributed by atoms with Crippen molar-refractivity contribution in [3.05, 3.63) is 118 Å². The summed E-state index contributed by atoms with van der Waals surface area (Å²) >= 11 is 1.39. The fourth-order valence-corrected chi connectivity index (χ4v) is 21.2. The van der Waals surface area contributed by atoms with Crippen molar-refractivity contribution in [3.8, 4) is 11.1 Å². The van der Waals surface area contributed by atoms with Crippen LogP contribution in [0, 0.1) is 29.1 Å². The van der Waals surface area contributed by atoms with Gasteiger partial charge in [0, 0.05) is 100 Å². The van der Waals surface area contributed by atoms with Crippen molar-refractivity contribution in [3.63, 3.8) is 0 Å². The first kappa shape index (κ1) is 109. The topological polar surface area (TPSA) is 482 Å². The van der Waals surface area contributed by atoms with E-state index >= 15 is 0 Å². The highest BCUT2D eigenvalue weighted by Crippen LogP contribution is 2.72. The van der Waals surface area contributed by atoms with Gasteiger partial charge in [-0.3, -0.25) is 38.5 Å². The molecule has 7 atom stereocenters. The third kappa shape index (κ3) is 33.4. The van der Waals surface area contributed by atoms with Crippen LogP contribution in [-0.2, 0) is 133 Å². The molecular weight excluding hydrogens is 1830 g/mol. The van der Waals surface area contributed by atoms with E-state index in [2.05, 4.69) is 40.1 Å². The van der Waals surface area contributed by atoms with Gasteiger partial charge in [-0.2, -0.15) is 13.5 Å². The highest BCUT2D eigenvalue weighted by atomic mass is 32.2. The van der Waals surface area contributed by atoms with E-state index in [4.69, 9.17) is 76.4 Å². The van der Waals surface area contributed by atoms with Crippen molar-refractivity contribution >= 4 is 95.9 Å². The van der Waals surface area contributed by atoms with Crippen LogP contribution < -0.4 is 26.2 Å². The number of aryl methyl sites for hydroxylation is 1. The molecule has 5 heterocycles. The summed E-state index contributed by atoms with van der Waals surface area (Å²) in [4.78, 5) is 122. The number of aromatic nitrogens is 4. The number of aliphatic hydroxyl groups excluding tert-OH is 1. The Hall–Kier alpha value is -9.38. The van der Waals surface area contributed by atoms with Crippen LogP contribution in [0.25, 0.3) is 21.3 Å². The quantitative estimate of drug-likeness (QED) is 0.0130. The first-order chi connectivity index (χ1) is 66.2. The summed E-state index contributed by atoms with van der Waals surface area (Å²) in [6, 6.07) is 19.4. The van der Waals surface area contributed by atoms with Crippen molar-refractivity contribution in [2.24, 2.45) is 22.2 Å². The molecule has 3 aromatic heterocycles. The van der Waals surface area contributed by atoms with Crippen LogP contribution >= 0.6 is 11.3 Å². The molecule has 138 heavy (non-hydrogen) atoms. The molecule has 762 valence electrons. The SMILES string of the molecule is CCC(=O)N(CCOCCOCCOCCOCCOCCOCCOCCOCCOCCOCCOC)CCC(=O)NC(C(=O)N[C@@H](C)C(=O)Nc1ccc(COC(=O)N(CCOC23CC4(C)CC(C)(CC(Cn5ncc(-c6ccc(N7CCc8cccc(C(=O)Nc9nc%10ccccc%10s9)c8C7)nc6C(=O)O)c5C)(C4)C2)C3)CCS(=O)(=O)O)c(CC[C@H]2C[C@@H](O)C[C@@H](C(=O)O)O2)c1)C(C)C. The van der Waals surface area contributed by atoms with E-state index in [0.717, 1.165) is 51.2 Å². The largest absolute Gasteiger partial charge is 0.479 e. The van der Waals surface area contributed by atoms with Crippen LogP contribution in [0.5, 0.6) is 0 Å². The first-order valence-electron chi connectivity index (χ1n) is 47.7. The Morgan fingerprint density at radius 1 is 0.645 bits per heavy atom. The summed E-state index contributed by atoms with van der Waals surface area (Å²) in [5.41, 5.74) is 4.60. The van der Waals surface area contributed by atoms with Gasteiger partial charge >= 0.3 is 18.0 Å². The van der Waals surface area contributed by atoms with Gasteiger partial charge in [0.05, 0.1) is 185 Å². The smallest absolute Gasteiger partial charge is 0.410 e. The number of hydrogen-bond acceptors (Lipinski definition) is 30. The second kappa shape index (κ2) is 53.5. The number of methoxy groups -OCH3 is 1. The van der Waals surface area contributed by atoms with Crippen molar-refractivity contribution in [2.75, 3.05) is 206 Å². The number of rotatable bonds is 63. The molecule has 3 unspecified atom stereocenters. The van der Waals surface area contributed by atoms with E-state index in [-0.39, 0.29) is 131 Å². The Labute approximate surface area is 810 Å². The molecule has 0 radical (unpaired) electrons. The molecule has 6 amide bonds. The maximum Gasteiger partial charge on any atom is 0.410 e. The van der Waals surface area contributed by atoms with Gasteiger partial charge < -0.3 is 112 Å². The minimum atomic E-state index is -4.61. The maximum atomic E-state index is 14.5. The van der Waals surface area contributed by atoms with E-state index in [1.165, 1.54) is 23.2 Å². The summed E-state index contributed by atoms with van der Waals surface area (Å²) in [5, 5.41) is 48.2. The molecule has 8 N–H and O–H groups in total. The third-order valence-electron chi connectivity index (χ3n) is 25.4. The number of thiazole rings is 1. The summed E-state index contributed by atoms with van der Waals surface area (Å²) in [6.07, 6.45) is 3.55. The average molecular weight is 1970 g/mol. The second-order valence-corrected chi connectivity index (χ2v) is 39.7. The molecule has 4 bridgehead atoms. The van der Waals surface area contributed by atoms with Gasteiger partial charge in [-0.05, 0) is 165 Å². The zero-order valence-electron chi connectivity index (χ0n) is 80.6. The van der Waals surface area contributed by atoms with Gasteiger partial charge in [0.2, 0.25) is 23.6 Å². The Morgan fingerprint density at radius 2 is 1.25 bits per heavy atom. The predicted octanol–water partition coefficient (Wildman–Crippen LogP) is 8.99. The molecular formula is C97H139N11O28S2. The lowest BCUT2D eigenvalue weighted by atomic mass is 9.39. The molecule has 0 spiro atoms. The van der Waals surface area contributed by atoms with Crippen LogP contribution in [0.15, 0.2) is 79.0 Å². The maximum absolute atomic E-state index is 14.5. The number of fused-ring (bicyclic) bond motifs is 2. The fraction of sp³-hybridized carbons (Fsp3) is 0.639. The lowest BCUT2D eigenvalue weighted by molar-refractivity contribution is -0.248. The second-order valence-electron chi connectivity index (χ2n) is 37.1. The number of aliphatic hydroxyl groups is 1. The number of hydrogen-bond donors (Lipinski definition) is 8. The molecule has 6 aliphatic rings. The number of nitrogens with zero attached hydrogens (tertiary/aromatic N) is 7. The van der Waals surface area contributed by atoms with Crippen LogP contribution in [0.4, 0.5) is 21.4 Å². The number of aliphatic carboxylic acids is 1. The number of anilines is 3. The number of ether oxygens (including phenoxy) is 14. The van der Waals surface area contributed by atoms with Gasteiger partial charge in [-0.15, -0.1) is 0 Å². The van der Waals surface area contributed by atoms with Gasteiger partial charge in [0.1, 0.15) is 24.5 Å². The molecule has 41 heteroatoms. The van der Waals surface area contributed by atoms with Crippen molar-refractivity contribution in [2.45, 2.75) is 188 Å². The van der Waals surface area contributed by atoms with Crippen LogP contribution in [0.2, 0.25) is 0 Å². The number of nitrogens with one attached hydrogen (secondary N) is 4. The number of pyridine rings is 1. The summed E-state index contributed by atoms with van der Waals surface area (Å²) < 4.78 is 117. The summed E-state index contributed by atoms with van der Waals surface area (Å²) in [5.74, 6) is -5.55. The number of carbonyl (C=O) groups excluding carboxylic acids is 6. The number of amides is 6. The zero-order valence-corrected chi connectivity index (χ0v) is 82.2. The normalized spacial score (nSPS) is 20.4. The minimum absolute atomic E-state index is 0.0344. The molecule has 1 saturated heterocycles. The van der Waals surface area contributed by atoms with Crippen molar-refractivity contribution in [1.82, 2.24) is 40.2 Å². The molecule has 5 fully saturated rings. The highest BCUT2D eigenvalue weighted by molar-refractivity contribution is 7.85. The van der Waals surface area contributed by atoms with Crippen LogP contribution in [-0.4, -0.2) is 332 Å². The Bertz CT molecular complexity index is 5050. The van der Waals surface area contributed by atoms with Crippen LogP contribution in [0.1, 0.15) is 161 Å². The number of carbonyl (C=O) groups is 8. The predicted molar refractivity (Wildman–Crippen MR) is 510 cm³/mol. The zero-order chi connectivity index (χ0) is 98.8. The number of benzene rings is 3. The van der Waals surface area contributed by atoms with Gasteiger partial charge in [0.25, 0.3) is 16.0 Å². The number of carboxylic acids is 2. The fourth-order valence-electron chi connectivity index (χ4n) is 19.9. The Kier molecular flexibility index (Phi) is 42.2. The van der Waals surface area contributed by atoms with E-state index < -0.39 is 100 Å². The molecule has 3 aromatic carbocycles. The number of aromatic carboxylic acids is 1. The van der Waals surface area contributed by atoms with E-state index in [1.54, 1.807) is 64.4 Å². The summed E-state index contributed by atoms with van der Waals surface area (Å²) in [6.45, 7) is 22.5. The average Bonchev–Trinajstić information content (AvgIpc) is 0.814. The third-order valence-corrected chi connectivity index (χ3v) is 27.0. The molecule has 6 aromatic rings. The number of carboxylic acid groups (broad SMARTS) is 2. The molecule has 12 rings (SSSR count). The highest BCUT2D eigenvalue weighted by Gasteiger charge is 2.66. The minimum Gasteiger partial charge on any atom is -0.479 e. The van der Waals surface area contributed by atoms with Gasteiger partial charge in [-0.25, -0.2) is 24.4 Å². The molecule has 4 saturated carbocycles. The molecule has 2 aliphatic heterocycles. The monoisotopic (exact) mass is 1970 g/mol. The molecule has 4 aliphatic carbocycles. The lowest BCUT2D eigenvalue weighted by Gasteiger charge is -2.69.